The number of benzene rings is 2. The van der Waals surface area contributed by atoms with E-state index in [1.807, 2.05) is 13.8 Å². The second kappa shape index (κ2) is 35.4. The number of hydrogen-bond acceptors (Lipinski definition) is 12. The first-order chi connectivity index (χ1) is 47.6. The number of rotatable bonds is 11. The fourth-order valence-corrected chi connectivity index (χ4v) is 14.2. The lowest BCUT2D eigenvalue weighted by atomic mass is 9.91. The Bertz CT molecular complexity index is 3400. The van der Waals surface area contributed by atoms with Crippen molar-refractivity contribution >= 4 is 82.5 Å². The zero-order valence-electron chi connectivity index (χ0n) is 60.7. The smallest absolute Gasteiger partial charge is 0.343 e. The molecule has 4 aliphatic rings. The number of nitrogens with zero attached hydrogens (tertiary/aromatic N) is 9. The van der Waals surface area contributed by atoms with Crippen molar-refractivity contribution in [3.8, 4) is 0 Å². The molecule has 2 aromatic rings. The van der Waals surface area contributed by atoms with Crippen LogP contribution in [0, 0.1) is 17.8 Å². The van der Waals surface area contributed by atoms with E-state index in [0.717, 1.165) is 81.4 Å². The van der Waals surface area contributed by atoms with Crippen molar-refractivity contribution in [1.29, 1.82) is 0 Å². The number of halogens is 7. The zero-order chi connectivity index (χ0) is 76.2. The van der Waals surface area contributed by atoms with Gasteiger partial charge in [0, 0.05) is 75.4 Å². The first-order valence-corrected chi connectivity index (χ1v) is 35.3. The van der Waals surface area contributed by atoms with Gasteiger partial charge in [-0.15, -0.1) is 0 Å². The first-order valence-electron chi connectivity index (χ1n) is 35.0. The van der Waals surface area contributed by atoms with Gasteiger partial charge in [0.15, 0.2) is 0 Å². The van der Waals surface area contributed by atoms with Crippen molar-refractivity contribution in [3.63, 3.8) is 0 Å². The lowest BCUT2D eigenvalue weighted by molar-refractivity contribution is -0.156. The van der Waals surface area contributed by atoms with E-state index >= 15 is 14.4 Å². The number of carbonyl (C=O) groups excluding carboxylic acids is 12. The molecule has 1 unspecified atom stereocenters. The van der Waals surface area contributed by atoms with Crippen LogP contribution in [0.25, 0.3) is 0 Å². The lowest BCUT2D eigenvalue weighted by Crippen LogP contribution is -2.65. The van der Waals surface area contributed by atoms with Gasteiger partial charge in [0.25, 0.3) is 0 Å². The molecule has 31 heteroatoms. The molecule has 0 aromatic heterocycles. The maximum Gasteiger partial charge on any atom is 0.417 e. The van der Waals surface area contributed by atoms with Crippen LogP contribution < -0.4 is 16.0 Å². The van der Waals surface area contributed by atoms with E-state index in [0.29, 0.717) is 45.2 Å². The van der Waals surface area contributed by atoms with E-state index in [9.17, 15) is 69.5 Å². The molecule has 0 bridgehead atoms. The summed E-state index contributed by atoms with van der Waals surface area (Å²) in [6.45, 7) is 8.80. The Kier molecular flexibility index (Phi) is 28.8. The van der Waals surface area contributed by atoms with Crippen molar-refractivity contribution in [2.24, 2.45) is 17.8 Å². The van der Waals surface area contributed by atoms with Gasteiger partial charge in [0.05, 0.1) is 42.2 Å². The normalized spacial score (nSPS) is 24.7. The molecular formula is C71H101ClF6N12O12. The Morgan fingerprint density at radius 3 is 1.82 bits per heavy atom. The number of likely N-dealkylation sites (N-methyl/N-ethyl adjacent to an activating group) is 7. The van der Waals surface area contributed by atoms with Crippen molar-refractivity contribution in [3.05, 3.63) is 69.7 Å². The van der Waals surface area contributed by atoms with Crippen molar-refractivity contribution < 1.29 is 83.9 Å². The van der Waals surface area contributed by atoms with E-state index in [1.54, 1.807) is 32.6 Å². The predicted molar refractivity (Wildman–Crippen MR) is 366 cm³/mol. The molecule has 3 aliphatic heterocycles. The summed E-state index contributed by atoms with van der Waals surface area (Å²) >= 11 is 6.11. The standard InChI is InChI=1S/C71H101ClF6N12O12/c1-14-44(6)59-66(100)84(9)40-57(93)82(7)41-58(94)86(11)53(37-46-22-20-23-47(35-46)70(73,74)75)64(98)83(8)39-55(91)79-50(28-26-45-25-27-48(49(72)36-45)71(76,77)78)63(97)90-33-21-24-51(90)62(96)81-69(29-16-17-30-69)68(102)88(13)60(43(4)5)67(101)87(12)54(65(99)89-31-18-15-19-32-89)38-56(92)85(10)52(34-42(2)3)61(95)80-59/h20,22-23,25,27,35-36,42-44,50-54,59-60H,14-19,21,24,26,28-34,37-41H2,1-13H3,(H,79,91)(H,80,95)(H,81,96)/t44-,50-,51?,52-,53-,54-,59-,60-/m0/s1. The van der Waals surface area contributed by atoms with Crippen LogP contribution in [0.15, 0.2) is 42.5 Å². The molecule has 102 heavy (non-hydrogen) atoms. The molecule has 1 saturated carbocycles. The summed E-state index contributed by atoms with van der Waals surface area (Å²) in [6.07, 6.45) is -7.40. The topological polar surface area (TPSA) is 270 Å². The predicted octanol–water partition coefficient (Wildman–Crippen LogP) is 5.79. The van der Waals surface area contributed by atoms with Crippen LogP contribution in [0.2, 0.25) is 5.02 Å². The molecule has 8 atom stereocenters. The van der Waals surface area contributed by atoms with Gasteiger partial charge in [0.1, 0.15) is 47.8 Å². The Labute approximate surface area is 598 Å². The highest BCUT2D eigenvalue weighted by atomic mass is 35.5. The number of nitrogens with one attached hydrogen (secondary N) is 3. The number of aryl methyl sites for hydroxylation is 1. The average molecular weight is 1460 g/mol. The Hall–Kier alpha value is -8.05. The molecule has 0 radical (unpaired) electrons. The van der Waals surface area contributed by atoms with E-state index in [4.69, 9.17) is 11.6 Å². The largest absolute Gasteiger partial charge is 0.417 e. The molecule has 1 spiro atoms. The van der Waals surface area contributed by atoms with E-state index in [-0.39, 0.29) is 68.5 Å². The number of alkyl halides is 6. The van der Waals surface area contributed by atoms with Crippen LogP contribution in [0.3, 0.4) is 0 Å². The van der Waals surface area contributed by atoms with Crippen LogP contribution in [-0.2, 0) is 82.7 Å². The SMILES string of the molecule is CC[C@H](C)[C@@H]1NC(=O)[C@H](CC(C)C)N(C)C(=O)C[C@@H](C(=O)N2CCCCC2)N(C)C(=O)[C@H](C(C)C)N(C)C(=O)C2(CCCC2)NC(=O)C2CCCN2C(=O)[C@H](CCc2ccc(C(F)(F)F)c(Cl)c2)NC(=O)CN(C)C(=O)[C@H](Cc2cccc(C(F)(F)F)c2)N(C)C(=O)CN(C)C(=O)CN(C)C1=O. The van der Waals surface area contributed by atoms with Gasteiger partial charge in [-0.3, -0.25) is 57.5 Å². The van der Waals surface area contributed by atoms with E-state index in [1.165, 1.54) is 56.0 Å². The number of piperidine rings is 1. The minimum atomic E-state index is -4.83. The first kappa shape index (κ1) is 82.9. The van der Waals surface area contributed by atoms with Gasteiger partial charge in [-0.2, -0.15) is 26.3 Å². The third kappa shape index (κ3) is 20.6. The van der Waals surface area contributed by atoms with Crippen LogP contribution >= 0.6 is 11.6 Å². The molecule has 4 fully saturated rings. The summed E-state index contributed by atoms with van der Waals surface area (Å²) in [5, 5.41) is 7.76. The number of fused-ring (bicyclic) bond motifs is 1. The molecule has 3 N–H and O–H groups in total. The number of hydrogen-bond donors (Lipinski definition) is 3. The van der Waals surface area contributed by atoms with Crippen LogP contribution in [0.4, 0.5) is 26.3 Å². The van der Waals surface area contributed by atoms with E-state index < -0.39 is 192 Å². The highest BCUT2D eigenvalue weighted by molar-refractivity contribution is 6.31. The molecule has 1 aliphatic carbocycles. The zero-order valence-corrected chi connectivity index (χ0v) is 61.5. The van der Waals surface area contributed by atoms with Crippen LogP contribution in [0.1, 0.15) is 147 Å². The highest BCUT2D eigenvalue weighted by Gasteiger charge is 2.51. The molecule has 24 nitrogen and oxygen atoms in total. The fraction of sp³-hybridized carbons (Fsp3) is 0.662. The Morgan fingerprint density at radius 2 is 1.24 bits per heavy atom. The maximum atomic E-state index is 15.4. The van der Waals surface area contributed by atoms with Crippen LogP contribution in [-0.4, -0.2) is 251 Å². The van der Waals surface area contributed by atoms with Gasteiger partial charge < -0.3 is 60.0 Å². The summed E-state index contributed by atoms with van der Waals surface area (Å²) in [6, 6.07) is -2.93. The third-order valence-corrected chi connectivity index (χ3v) is 20.6. The molecule has 2 aromatic carbocycles. The van der Waals surface area contributed by atoms with Gasteiger partial charge in [-0.05, 0) is 111 Å². The fourth-order valence-electron chi connectivity index (χ4n) is 13.9. The number of likely N-dealkylation sites (tertiary alicyclic amines) is 1. The van der Waals surface area contributed by atoms with Gasteiger partial charge >= 0.3 is 12.4 Å². The molecule has 12 amide bonds. The van der Waals surface area contributed by atoms with Gasteiger partial charge in [0.2, 0.25) is 70.9 Å². The van der Waals surface area contributed by atoms with E-state index in [2.05, 4.69) is 16.0 Å². The molecule has 6 rings (SSSR count). The maximum absolute atomic E-state index is 15.4. The quantitative estimate of drug-likeness (QED) is 0.226. The Morgan fingerprint density at radius 1 is 0.618 bits per heavy atom. The summed E-state index contributed by atoms with van der Waals surface area (Å²) < 4.78 is 83.9. The molecular weight excluding hydrogens is 1360 g/mol. The summed E-state index contributed by atoms with van der Waals surface area (Å²) in [7, 11) is 9.00. The minimum absolute atomic E-state index is 0.0576. The van der Waals surface area contributed by atoms with Crippen molar-refractivity contribution in [2.45, 2.75) is 198 Å². The Balaban J connectivity index is 1.45. The van der Waals surface area contributed by atoms with Gasteiger partial charge in [-0.25, -0.2) is 0 Å². The van der Waals surface area contributed by atoms with Crippen LogP contribution in [0.5, 0.6) is 0 Å². The lowest BCUT2D eigenvalue weighted by Gasteiger charge is -2.42. The summed E-state index contributed by atoms with van der Waals surface area (Å²) in [5.41, 5.74) is -3.72. The second-order valence-corrected chi connectivity index (χ2v) is 29.1. The highest BCUT2D eigenvalue weighted by Crippen LogP contribution is 2.37. The summed E-state index contributed by atoms with van der Waals surface area (Å²) in [4.78, 5) is 188. The monoisotopic (exact) mass is 1460 g/mol. The third-order valence-electron chi connectivity index (χ3n) is 20.3. The molecule has 3 saturated heterocycles. The number of carbonyl (C=O) groups is 12. The number of amides is 12. The molecule has 566 valence electrons. The summed E-state index contributed by atoms with van der Waals surface area (Å²) in [5.74, 6) is -10.9. The minimum Gasteiger partial charge on any atom is -0.343 e. The van der Waals surface area contributed by atoms with Gasteiger partial charge in [-0.1, -0.05) is 96.7 Å². The van der Waals surface area contributed by atoms with Crippen molar-refractivity contribution in [2.75, 3.05) is 88.6 Å². The second-order valence-electron chi connectivity index (χ2n) is 28.7. The molecule has 3 heterocycles. The average Bonchev–Trinajstić information content (AvgIpc) is 1.46. The van der Waals surface area contributed by atoms with Crippen molar-refractivity contribution in [1.82, 2.24) is 60.0 Å².